The van der Waals surface area contributed by atoms with E-state index < -0.39 is 8.07 Å². The summed E-state index contributed by atoms with van der Waals surface area (Å²) >= 11 is 0. The minimum atomic E-state index is -0.913. The number of carbonyl (C=O) groups is 1. The van der Waals surface area contributed by atoms with E-state index in [1.165, 1.54) is 49.9 Å². The van der Waals surface area contributed by atoms with Gasteiger partial charge in [0, 0.05) is 25.0 Å². The molecule has 0 atom stereocenters. The summed E-state index contributed by atoms with van der Waals surface area (Å²) in [6.07, 6.45) is 6.97. The molecule has 2 fully saturated rings. The average Bonchev–Trinajstić information content (AvgIpc) is 3.18. The molecule has 0 unspecified atom stereocenters. The van der Waals surface area contributed by atoms with Crippen molar-refractivity contribution in [3.63, 3.8) is 0 Å². The molecular formula is C22H29N3OSi. The van der Waals surface area contributed by atoms with E-state index >= 15 is 0 Å². The van der Waals surface area contributed by atoms with Crippen LogP contribution >= 0.6 is 0 Å². The Morgan fingerprint density at radius 2 is 1.74 bits per heavy atom. The highest BCUT2D eigenvalue weighted by molar-refractivity contribution is 6.80. The predicted octanol–water partition coefficient (Wildman–Crippen LogP) is 4.98. The number of anilines is 2. The van der Waals surface area contributed by atoms with E-state index in [1.54, 1.807) is 6.20 Å². The molecule has 4 rings (SSSR count). The van der Waals surface area contributed by atoms with Crippen molar-refractivity contribution in [3.8, 4) is 0 Å². The zero-order valence-corrected chi connectivity index (χ0v) is 17.2. The maximum absolute atomic E-state index is 12.6. The van der Waals surface area contributed by atoms with Gasteiger partial charge in [-0.05, 0) is 37.1 Å². The Morgan fingerprint density at radius 1 is 1.04 bits per heavy atom. The molecule has 1 spiro atoms. The van der Waals surface area contributed by atoms with Crippen molar-refractivity contribution in [1.82, 2.24) is 10.3 Å². The van der Waals surface area contributed by atoms with Crippen LogP contribution in [0.3, 0.4) is 0 Å². The molecule has 2 aliphatic heterocycles. The first kappa shape index (κ1) is 18.2. The summed E-state index contributed by atoms with van der Waals surface area (Å²) in [5.74, 6) is 0.857. The number of para-hydroxylation sites is 1. The molecule has 0 aliphatic carbocycles. The Balaban J connectivity index is 1.34. The highest BCUT2D eigenvalue weighted by atomic mass is 28.3. The summed E-state index contributed by atoms with van der Waals surface area (Å²) in [5, 5.41) is 3.25. The fourth-order valence-electron chi connectivity index (χ4n) is 4.77. The lowest BCUT2D eigenvalue weighted by molar-refractivity contribution is 0.0933. The molecule has 1 aromatic carbocycles. The van der Waals surface area contributed by atoms with E-state index in [0.29, 0.717) is 11.6 Å². The summed E-state index contributed by atoms with van der Waals surface area (Å²) in [7, 11) is 1.08. The van der Waals surface area contributed by atoms with Gasteiger partial charge in [0.2, 0.25) is 0 Å². The number of hydrogen-bond acceptors (Lipinski definition) is 3. The van der Waals surface area contributed by atoms with Crippen LogP contribution in [0.1, 0.15) is 36.0 Å². The number of benzene rings is 1. The monoisotopic (exact) mass is 379 g/mol. The van der Waals surface area contributed by atoms with E-state index in [4.69, 9.17) is 0 Å². The number of nitrogens with zero attached hydrogens (tertiary/aromatic N) is 2. The third-order valence-electron chi connectivity index (χ3n) is 6.54. The van der Waals surface area contributed by atoms with Crippen LogP contribution in [0.2, 0.25) is 24.2 Å². The van der Waals surface area contributed by atoms with Crippen LogP contribution in [-0.4, -0.2) is 32.1 Å². The molecule has 2 saturated heterocycles. The lowest BCUT2D eigenvalue weighted by atomic mass is 10.1. The molecule has 0 saturated carbocycles. The molecule has 1 N–H and O–H groups in total. The molecule has 27 heavy (non-hydrogen) atoms. The zero-order chi connectivity index (χ0) is 18.7. The molecule has 2 aromatic rings. The van der Waals surface area contributed by atoms with E-state index in [1.807, 2.05) is 54.4 Å². The molecule has 0 radical (unpaired) electrons. The second kappa shape index (κ2) is 7.85. The van der Waals surface area contributed by atoms with Crippen LogP contribution < -0.4 is 10.2 Å². The smallest absolute Gasteiger partial charge is 0.253 e. The normalized spacial score (nSPS) is 19.1. The summed E-state index contributed by atoms with van der Waals surface area (Å²) in [6.45, 7) is 0. The van der Waals surface area contributed by atoms with Crippen molar-refractivity contribution in [1.29, 1.82) is 0 Å². The third kappa shape index (κ3) is 4.08. The van der Waals surface area contributed by atoms with Gasteiger partial charge in [-0.1, -0.05) is 55.2 Å². The highest BCUT2D eigenvalue weighted by Crippen LogP contribution is 2.42. The molecule has 4 nitrogen and oxygen atoms in total. The quantitative estimate of drug-likeness (QED) is 0.762. The second-order valence-electron chi connectivity index (χ2n) is 8.25. The number of rotatable bonds is 4. The Morgan fingerprint density at radius 3 is 2.37 bits per heavy atom. The third-order valence-corrected chi connectivity index (χ3v) is 12.1. The predicted molar refractivity (Wildman–Crippen MR) is 113 cm³/mol. The average molecular weight is 380 g/mol. The lowest BCUT2D eigenvalue weighted by Gasteiger charge is -2.35. The van der Waals surface area contributed by atoms with Gasteiger partial charge in [-0.3, -0.25) is 4.79 Å². The van der Waals surface area contributed by atoms with Gasteiger partial charge in [0.25, 0.3) is 5.91 Å². The van der Waals surface area contributed by atoms with Crippen molar-refractivity contribution in [2.24, 2.45) is 0 Å². The summed E-state index contributed by atoms with van der Waals surface area (Å²) in [6, 6.07) is 20.2. The van der Waals surface area contributed by atoms with Gasteiger partial charge in [-0.25, -0.2) is 4.98 Å². The van der Waals surface area contributed by atoms with Crippen molar-refractivity contribution < 1.29 is 4.79 Å². The topological polar surface area (TPSA) is 45.2 Å². The minimum absolute atomic E-state index is 0.0189. The zero-order valence-electron chi connectivity index (χ0n) is 16.2. The molecular weight excluding hydrogens is 350 g/mol. The van der Waals surface area contributed by atoms with Gasteiger partial charge in [0.1, 0.15) is 5.82 Å². The first-order valence-corrected chi connectivity index (χ1v) is 13.0. The fraction of sp³-hybridized carbons (Fsp3) is 0.455. The Kier molecular flexibility index (Phi) is 5.30. The van der Waals surface area contributed by atoms with Crippen molar-refractivity contribution in [2.45, 2.75) is 55.9 Å². The van der Waals surface area contributed by atoms with Crippen molar-refractivity contribution >= 4 is 25.5 Å². The van der Waals surface area contributed by atoms with Gasteiger partial charge in [0.05, 0.1) is 13.6 Å². The number of nitrogens with one attached hydrogen (secondary N) is 1. The van der Waals surface area contributed by atoms with Crippen LogP contribution in [0.15, 0.2) is 48.7 Å². The van der Waals surface area contributed by atoms with Gasteiger partial charge >= 0.3 is 0 Å². The molecule has 1 amide bonds. The molecule has 142 valence electrons. The summed E-state index contributed by atoms with van der Waals surface area (Å²) in [5.41, 5.74) is 1.73. The summed E-state index contributed by atoms with van der Waals surface area (Å²) in [4.78, 5) is 19.1. The van der Waals surface area contributed by atoms with E-state index in [2.05, 4.69) is 10.3 Å². The number of carbonyl (C=O) groups excluding carboxylic acids is 1. The van der Waals surface area contributed by atoms with Crippen LogP contribution in [-0.2, 0) is 0 Å². The van der Waals surface area contributed by atoms with Crippen LogP contribution in [0, 0.1) is 0 Å². The highest BCUT2D eigenvalue weighted by Gasteiger charge is 2.39. The van der Waals surface area contributed by atoms with Gasteiger partial charge in [0.15, 0.2) is 0 Å². The number of hydrogen-bond donors (Lipinski definition) is 1. The molecule has 2 aliphatic rings. The first-order chi connectivity index (χ1) is 13.2. The van der Waals surface area contributed by atoms with Gasteiger partial charge in [-0.15, -0.1) is 0 Å². The molecule has 5 heteroatoms. The van der Waals surface area contributed by atoms with Crippen LogP contribution in [0.4, 0.5) is 11.5 Å². The second-order valence-corrected chi connectivity index (χ2v) is 13.3. The van der Waals surface area contributed by atoms with Crippen molar-refractivity contribution in [3.05, 3.63) is 54.2 Å². The van der Waals surface area contributed by atoms with Gasteiger partial charge < -0.3 is 10.2 Å². The van der Waals surface area contributed by atoms with Crippen LogP contribution in [0.5, 0.6) is 0 Å². The Hall–Kier alpha value is -2.14. The molecule has 0 bridgehead atoms. The number of amides is 1. The largest absolute Gasteiger partial charge is 0.349 e. The Bertz CT molecular complexity index is 762. The molecule has 1 aromatic heterocycles. The van der Waals surface area contributed by atoms with Crippen LogP contribution in [0.25, 0.3) is 0 Å². The fourth-order valence-corrected chi connectivity index (χ4v) is 10.2. The maximum atomic E-state index is 12.6. The van der Waals surface area contributed by atoms with Gasteiger partial charge in [-0.2, -0.15) is 0 Å². The maximum Gasteiger partial charge on any atom is 0.253 e. The van der Waals surface area contributed by atoms with E-state index in [0.717, 1.165) is 11.5 Å². The number of pyridine rings is 1. The minimum Gasteiger partial charge on any atom is -0.349 e. The standard InChI is InChI=1S/C22H29N3OSi/c1-25(20-7-3-2-4-8-20)21-10-9-18(17-23-21)22(26)24-19-11-15-27(16-12-19)13-5-6-14-27/h2-4,7-10,17,19H,5-6,11-16H2,1H3,(H,24,26). The van der Waals surface area contributed by atoms with Crippen molar-refractivity contribution in [2.75, 3.05) is 11.9 Å². The number of aromatic nitrogens is 1. The SMILES string of the molecule is CN(c1ccccc1)c1ccc(C(=O)NC2CC[Si]3(CCCC3)CC2)cn1. The first-order valence-electron chi connectivity index (χ1n) is 10.2. The van der Waals surface area contributed by atoms with E-state index in [9.17, 15) is 4.79 Å². The van der Waals surface area contributed by atoms with E-state index in [-0.39, 0.29) is 5.91 Å². The summed E-state index contributed by atoms with van der Waals surface area (Å²) < 4.78 is 0. The molecule has 3 heterocycles. The Labute approximate surface area is 163 Å². The lowest BCUT2D eigenvalue weighted by Crippen LogP contribution is -2.43.